The minimum absolute atomic E-state index is 0.251. The molecule has 0 amide bonds. The third kappa shape index (κ3) is 5.68. The van der Waals surface area contributed by atoms with Gasteiger partial charge >= 0.3 is 0 Å². The van der Waals surface area contributed by atoms with Gasteiger partial charge in [-0.15, -0.1) is 0 Å². The summed E-state index contributed by atoms with van der Waals surface area (Å²) in [6, 6.07) is 17.4. The molecule has 7 nitrogen and oxygen atoms in total. The summed E-state index contributed by atoms with van der Waals surface area (Å²) in [5.41, 5.74) is 8.20. The minimum Gasteiger partial charge on any atom is -0.497 e. The first-order valence-corrected chi connectivity index (χ1v) is 11.0. The van der Waals surface area contributed by atoms with Crippen molar-refractivity contribution in [3.63, 3.8) is 0 Å². The molecule has 0 radical (unpaired) electrons. The first-order chi connectivity index (χ1) is 15.7. The van der Waals surface area contributed by atoms with Gasteiger partial charge in [-0.1, -0.05) is 30.3 Å². The van der Waals surface area contributed by atoms with Crippen molar-refractivity contribution in [3.05, 3.63) is 78.5 Å². The molecule has 1 aromatic heterocycles. The standard InChI is InChI=1S/C25H30N4O3/c1-30-22-9-5-6-20(16-22)24(23-17-31-18-27-23)28-25(26)19-10-12-29(13-11-19)14-15-32-21-7-3-2-4-8-21/h2-9,16-19,24H,10-15H2,1H3,(H2,26,28). The third-order valence-electron chi connectivity index (χ3n) is 5.84. The summed E-state index contributed by atoms with van der Waals surface area (Å²) in [5, 5.41) is 0. The highest BCUT2D eigenvalue weighted by Gasteiger charge is 2.24. The number of hydrogen-bond acceptors (Lipinski definition) is 6. The van der Waals surface area contributed by atoms with Gasteiger partial charge in [0.15, 0.2) is 6.39 Å². The number of para-hydroxylation sites is 1. The molecule has 32 heavy (non-hydrogen) atoms. The van der Waals surface area contributed by atoms with Crippen molar-refractivity contribution in [2.75, 3.05) is 33.4 Å². The maximum atomic E-state index is 6.50. The summed E-state index contributed by atoms with van der Waals surface area (Å²) >= 11 is 0. The van der Waals surface area contributed by atoms with Crippen LogP contribution in [0.4, 0.5) is 0 Å². The zero-order valence-corrected chi connectivity index (χ0v) is 18.4. The van der Waals surface area contributed by atoms with Gasteiger partial charge in [-0.3, -0.25) is 9.89 Å². The largest absolute Gasteiger partial charge is 0.497 e. The van der Waals surface area contributed by atoms with Crippen molar-refractivity contribution in [3.8, 4) is 11.5 Å². The topological polar surface area (TPSA) is 86.1 Å². The van der Waals surface area contributed by atoms with Crippen LogP contribution >= 0.6 is 0 Å². The molecule has 0 spiro atoms. The lowest BCUT2D eigenvalue weighted by molar-refractivity contribution is 0.171. The van der Waals surface area contributed by atoms with Gasteiger partial charge in [0, 0.05) is 12.5 Å². The number of nitrogens with two attached hydrogens (primary N) is 1. The number of hydrogen-bond donors (Lipinski definition) is 1. The number of amidine groups is 1. The molecule has 1 fully saturated rings. The molecule has 1 unspecified atom stereocenters. The fourth-order valence-electron chi connectivity index (χ4n) is 4.00. The van der Waals surface area contributed by atoms with E-state index in [1.54, 1.807) is 13.4 Å². The quantitative estimate of drug-likeness (QED) is 0.406. The molecule has 0 aliphatic carbocycles. The predicted molar refractivity (Wildman–Crippen MR) is 124 cm³/mol. The van der Waals surface area contributed by atoms with Gasteiger partial charge in [-0.2, -0.15) is 0 Å². The highest BCUT2D eigenvalue weighted by atomic mass is 16.5. The lowest BCUT2D eigenvalue weighted by Gasteiger charge is -2.31. The number of ether oxygens (including phenoxy) is 2. The second-order valence-corrected chi connectivity index (χ2v) is 7.92. The molecule has 4 rings (SSSR count). The molecule has 0 saturated carbocycles. The third-order valence-corrected chi connectivity index (χ3v) is 5.84. The summed E-state index contributed by atoms with van der Waals surface area (Å²) in [5.74, 6) is 2.60. The monoisotopic (exact) mass is 434 g/mol. The number of piperidine rings is 1. The van der Waals surface area contributed by atoms with Crippen LogP contribution in [-0.2, 0) is 0 Å². The fraction of sp³-hybridized carbons (Fsp3) is 0.360. The van der Waals surface area contributed by atoms with Crippen LogP contribution < -0.4 is 15.2 Å². The van der Waals surface area contributed by atoms with Gasteiger partial charge in [0.05, 0.1) is 12.9 Å². The van der Waals surface area contributed by atoms with Crippen molar-refractivity contribution in [2.24, 2.45) is 16.6 Å². The van der Waals surface area contributed by atoms with Crippen molar-refractivity contribution in [1.82, 2.24) is 9.88 Å². The number of aromatic nitrogens is 1. The first-order valence-electron chi connectivity index (χ1n) is 11.0. The SMILES string of the molecule is COc1cccc(C(N=C(N)C2CCN(CCOc3ccccc3)CC2)c2cocn2)c1. The molecule has 1 aliphatic rings. The normalized spacial score (nSPS) is 16.6. The van der Waals surface area contributed by atoms with Crippen molar-refractivity contribution >= 4 is 5.84 Å². The van der Waals surface area contributed by atoms with E-state index in [0.29, 0.717) is 12.4 Å². The summed E-state index contributed by atoms with van der Waals surface area (Å²) in [6.07, 6.45) is 5.00. The maximum absolute atomic E-state index is 6.50. The molecule has 7 heteroatoms. The summed E-state index contributed by atoms with van der Waals surface area (Å²) in [7, 11) is 1.65. The molecule has 1 saturated heterocycles. The molecule has 0 bridgehead atoms. The Balaban J connectivity index is 1.36. The Morgan fingerprint density at radius 2 is 1.94 bits per heavy atom. The lowest BCUT2D eigenvalue weighted by Crippen LogP contribution is -2.40. The van der Waals surface area contributed by atoms with Crippen LogP contribution in [0.25, 0.3) is 0 Å². The molecule has 2 heterocycles. The molecular formula is C25H30N4O3. The average molecular weight is 435 g/mol. The zero-order chi connectivity index (χ0) is 22.2. The Bertz CT molecular complexity index is 983. The minimum atomic E-state index is -0.318. The second-order valence-electron chi connectivity index (χ2n) is 7.92. The second kappa shape index (κ2) is 10.8. The molecule has 2 N–H and O–H groups in total. The predicted octanol–water partition coefficient (Wildman–Crippen LogP) is 3.92. The summed E-state index contributed by atoms with van der Waals surface area (Å²) in [4.78, 5) is 11.6. The van der Waals surface area contributed by atoms with Gasteiger partial charge in [0.2, 0.25) is 0 Å². The Morgan fingerprint density at radius 1 is 1.16 bits per heavy atom. The van der Waals surface area contributed by atoms with E-state index in [4.69, 9.17) is 24.6 Å². The Labute approximate surface area is 188 Å². The van der Waals surface area contributed by atoms with E-state index in [1.807, 2.05) is 54.6 Å². The summed E-state index contributed by atoms with van der Waals surface area (Å²) < 4.78 is 16.4. The molecule has 168 valence electrons. The number of rotatable bonds is 9. The van der Waals surface area contributed by atoms with E-state index >= 15 is 0 Å². The maximum Gasteiger partial charge on any atom is 0.180 e. The van der Waals surface area contributed by atoms with E-state index in [9.17, 15) is 0 Å². The van der Waals surface area contributed by atoms with Crippen LogP contribution in [0.1, 0.15) is 30.1 Å². The number of methoxy groups -OCH3 is 1. The summed E-state index contributed by atoms with van der Waals surface area (Å²) in [6.45, 7) is 3.55. The van der Waals surface area contributed by atoms with Gasteiger partial charge in [-0.25, -0.2) is 4.98 Å². The first kappa shape index (κ1) is 21.9. The van der Waals surface area contributed by atoms with Gasteiger partial charge in [0.25, 0.3) is 0 Å². The number of aliphatic imine (C=N–C) groups is 1. The van der Waals surface area contributed by atoms with Crippen LogP contribution in [0.5, 0.6) is 11.5 Å². The lowest BCUT2D eigenvalue weighted by atomic mass is 9.95. The van der Waals surface area contributed by atoms with Crippen molar-refractivity contribution in [1.29, 1.82) is 0 Å². The smallest absolute Gasteiger partial charge is 0.180 e. The Hall–Kier alpha value is -3.32. The number of oxazole rings is 1. The van der Waals surface area contributed by atoms with Crippen LogP contribution in [0.2, 0.25) is 0 Å². The molecule has 1 aliphatic heterocycles. The molecule has 1 atom stereocenters. The van der Waals surface area contributed by atoms with Crippen molar-refractivity contribution < 1.29 is 13.9 Å². The van der Waals surface area contributed by atoms with E-state index in [-0.39, 0.29) is 12.0 Å². The Kier molecular flexibility index (Phi) is 7.40. The van der Waals surface area contributed by atoms with Crippen LogP contribution in [0.15, 0.2) is 76.7 Å². The highest BCUT2D eigenvalue weighted by molar-refractivity contribution is 5.83. The van der Waals surface area contributed by atoms with E-state index in [2.05, 4.69) is 9.88 Å². The van der Waals surface area contributed by atoms with E-state index in [1.165, 1.54) is 6.39 Å². The molecule has 3 aromatic rings. The number of benzene rings is 2. The van der Waals surface area contributed by atoms with Crippen LogP contribution in [-0.4, -0.2) is 49.1 Å². The highest BCUT2D eigenvalue weighted by Crippen LogP contribution is 2.29. The zero-order valence-electron chi connectivity index (χ0n) is 18.4. The van der Waals surface area contributed by atoms with E-state index in [0.717, 1.165) is 55.2 Å². The molecular weight excluding hydrogens is 404 g/mol. The van der Waals surface area contributed by atoms with Crippen LogP contribution in [0, 0.1) is 5.92 Å². The number of likely N-dealkylation sites (tertiary alicyclic amines) is 1. The van der Waals surface area contributed by atoms with E-state index < -0.39 is 0 Å². The fourth-order valence-corrected chi connectivity index (χ4v) is 4.00. The van der Waals surface area contributed by atoms with Gasteiger partial charge in [-0.05, 0) is 55.8 Å². The van der Waals surface area contributed by atoms with Gasteiger partial charge in [0.1, 0.15) is 36.1 Å². The van der Waals surface area contributed by atoms with Gasteiger partial charge < -0.3 is 19.6 Å². The van der Waals surface area contributed by atoms with Crippen LogP contribution in [0.3, 0.4) is 0 Å². The Morgan fingerprint density at radius 3 is 2.66 bits per heavy atom. The number of nitrogens with zero attached hydrogens (tertiary/aromatic N) is 3. The molecule has 2 aromatic carbocycles. The average Bonchev–Trinajstić information content (AvgIpc) is 3.38. The van der Waals surface area contributed by atoms with Crippen molar-refractivity contribution in [2.45, 2.75) is 18.9 Å².